The Bertz CT molecular complexity index is 891. The van der Waals surface area contributed by atoms with Gasteiger partial charge in [0.25, 0.3) is 5.91 Å². The molecular formula is C24H27FN2O2. The Kier molecular flexibility index (Phi) is 7.03. The number of hydrogen-bond acceptors (Lipinski definition) is 3. The number of halogens is 1. The van der Waals surface area contributed by atoms with Crippen LogP contribution in [0.4, 0.5) is 4.39 Å². The molecule has 1 aliphatic heterocycles. The summed E-state index contributed by atoms with van der Waals surface area (Å²) in [5, 5.41) is 6.66. The van der Waals surface area contributed by atoms with Gasteiger partial charge in [-0.15, -0.1) is 0 Å². The fraction of sp³-hybridized carbons (Fsp3) is 0.375. The van der Waals surface area contributed by atoms with Crippen molar-refractivity contribution in [3.63, 3.8) is 0 Å². The Morgan fingerprint density at radius 3 is 2.45 bits per heavy atom. The first kappa shape index (κ1) is 21.0. The van der Waals surface area contributed by atoms with E-state index in [9.17, 15) is 9.18 Å². The molecule has 4 nitrogen and oxygen atoms in total. The molecule has 5 heteroatoms. The maximum absolute atomic E-state index is 13.6. The summed E-state index contributed by atoms with van der Waals surface area (Å²) < 4.78 is 19.1. The van der Waals surface area contributed by atoms with E-state index in [-0.39, 0.29) is 17.3 Å². The molecule has 0 unspecified atom stereocenters. The zero-order valence-electron chi connectivity index (χ0n) is 16.9. The molecule has 1 amide bonds. The highest BCUT2D eigenvalue weighted by Gasteiger charge is 2.33. The van der Waals surface area contributed by atoms with Gasteiger partial charge in [0.15, 0.2) is 0 Å². The van der Waals surface area contributed by atoms with Crippen LogP contribution in [0.2, 0.25) is 0 Å². The quantitative estimate of drug-likeness (QED) is 0.763. The van der Waals surface area contributed by atoms with Crippen molar-refractivity contribution in [1.29, 1.82) is 0 Å². The van der Waals surface area contributed by atoms with Gasteiger partial charge in [-0.2, -0.15) is 0 Å². The zero-order valence-corrected chi connectivity index (χ0v) is 16.9. The Morgan fingerprint density at radius 1 is 1.10 bits per heavy atom. The molecule has 29 heavy (non-hydrogen) atoms. The van der Waals surface area contributed by atoms with E-state index in [4.69, 9.17) is 4.74 Å². The molecule has 0 radical (unpaired) electrons. The summed E-state index contributed by atoms with van der Waals surface area (Å²) in [5.74, 6) is 5.30. The molecule has 0 atom stereocenters. The van der Waals surface area contributed by atoms with Crippen molar-refractivity contribution in [1.82, 2.24) is 10.6 Å². The molecule has 2 aromatic carbocycles. The molecule has 0 aromatic heterocycles. The molecule has 0 bridgehead atoms. The van der Waals surface area contributed by atoms with Crippen LogP contribution >= 0.6 is 0 Å². The van der Waals surface area contributed by atoms with Gasteiger partial charge in [0.05, 0.1) is 5.56 Å². The van der Waals surface area contributed by atoms with Gasteiger partial charge in [0, 0.05) is 42.5 Å². The van der Waals surface area contributed by atoms with Gasteiger partial charge < -0.3 is 15.4 Å². The third kappa shape index (κ3) is 5.90. The second-order valence-corrected chi connectivity index (χ2v) is 7.68. The van der Waals surface area contributed by atoms with E-state index in [1.165, 1.54) is 6.07 Å². The van der Waals surface area contributed by atoms with Crippen molar-refractivity contribution < 1.29 is 13.9 Å². The molecule has 2 N–H and O–H groups in total. The van der Waals surface area contributed by atoms with Crippen molar-refractivity contribution in [2.45, 2.75) is 38.3 Å². The van der Waals surface area contributed by atoms with Gasteiger partial charge in [0.2, 0.25) is 0 Å². The summed E-state index contributed by atoms with van der Waals surface area (Å²) in [4.78, 5) is 12.6. The molecule has 2 aromatic rings. The van der Waals surface area contributed by atoms with E-state index in [0.717, 1.165) is 18.4 Å². The topological polar surface area (TPSA) is 50.4 Å². The van der Waals surface area contributed by atoms with E-state index in [0.29, 0.717) is 36.9 Å². The minimum atomic E-state index is -0.340. The van der Waals surface area contributed by atoms with E-state index < -0.39 is 0 Å². The van der Waals surface area contributed by atoms with Crippen LogP contribution in [-0.2, 0) is 4.74 Å². The third-order valence-corrected chi connectivity index (χ3v) is 4.99. The van der Waals surface area contributed by atoms with Crippen molar-refractivity contribution in [2.75, 3.05) is 19.8 Å². The molecule has 1 fully saturated rings. The predicted molar refractivity (Wildman–Crippen MR) is 112 cm³/mol. The highest BCUT2D eigenvalue weighted by atomic mass is 19.1. The summed E-state index contributed by atoms with van der Waals surface area (Å²) in [6.45, 7) is 6.18. The fourth-order valence-corrected chi connectivity index (χ4v) is 3.51. The van der Waals surface area contributed by atoms with E-state index in [2.05, 4.69) is 36.3 Å². The maximum atomic E-state index is 13.6. The van der Waals surface area contributed by atoms with Crippen LogP contribution in [0.1, 0.15) is 48.2 Å². The second kappa shape index (κ2) is 9.69. The van der Waals surface area contributed by atoms with Crippen molar-refractivity contribution >= 4 is 5.91 Å². The normalized spacial score (nSPS) is 15.4. The second-order valence-electron chi connectivity index (χ2n) is 7.68. The van der Waals surface area contributed by atoms with Gasteiger partial charge >= 0.3 is 0 Å². The van der Waals surface area contributed by atoms with Crippen LogP contribution in [-0.4, -0.2) is 37.2 Å². The molecule has 3 rings (SSSR count). The standard InChI is InChI=1S/C24H27FN2O2/c1-18(2)27-24(13-15-29-16-14-24)17-26-23(28)21-11-8-19(9-12-21)7-10-20-5-3-4-6-22(20)25/h3-6,8-9,11-12,18,27H,13-17H2,1-2H3,(H,26,28). The average molecular weight is 394 g/mol. The highest BCUT2D eigenvalue weighted by Crippen LogP contribution is 2.21. The SMILES string of the molecule is CC(C)NC1(CNC(=O)c2ccc(C#Cc3ccccc3F)cc2)CCOCC1. The van der Waals surface area contributed by atoms with Gasteiger partial charge in [-0.1, -0.05) is 37.8 Å². The first-order chi connectivity index (χ1) is 14.0. The lowest BCUT2D eigenvalue weighted by molar-refractivity contribution is 0.0342. The van der Waals surface area contributed by atoms with E-state index >= 15 is 0 Å². The summed E-state index contributed by atoms with van der Waals surface area (Å²) in [6.07, 6.45) is 1.74. The van der Waals surface area contributed by atoms with Crippen molar-refractivity contribution in [2.24, 2.45) is 0 Å². The number of benzene rings is 2. The zero-order chi connectivity index (χ0) is 20.7. The summed E-state index contributed by atoms with van der Waals surface area (Å²) in [6, 6.07) is 13.8. The molecule has 1 aliphatic rings. The van der Waals surface area contributed by atoms with Gasteiger partial charge in [-0.05, 0) is 49.2 Å². The minimum Gasteiger partial charge on any atom is -0.381 e. The predicted octanol–water partition coefficient (Wildman–Crippen LogP) is 3.50. The molecule has 0 aliphatic carbocycles. The number of amides is 1. The van der Waals surface area contributed by atoms with Crippen LogP contribution in [0.3, 0.4) is 0 Å². The number of carbonyl (C=O) groups is 1. The highest BCUT2D eigenvalue weighted by molar-refractivity contribution is 5.94. The smallest absolute Gasteiger partial charge is 0.251 e. The Morgan fingerprint density at radius 2 is 1.79 bits per heavy atom. The van der Waals surface area contributed by atoms with Crippen LogP contribution < -0.4 is 10.6 Å². The van der Waals surface area contributed by atoms with Crippen LogP contribution in [0, 0.1) is 17.7 Å². The summed E-state index contributed by atoms with van der Waals surface area (Å²) in [7, 11) is 0. The molecule has 1 heterocycles. The lowest BCUT2D eigenvalue weighted by atomic mass is 9.89. The molecule has 152 valence electrons. The molecule has 1 saturated heterocycles. The van der Waals surface area contributed by atoms with Gasteiger partial charge in [-0.25, -0.2) is 4.39 Å². The summed E-state index contributed by atoms with van der Waals surface area (Å²) >= 11 is 0. The molecular weight excluding hydrogens is 367 g/mol. The monoisotopic (exact) mass is 394 g/mol. The Hall–Kier alpha value is -2.68. The first-order valence-corrected chi connectivity index (χ1v) is 9.98. The Labute approximate surface area is 171 Å². The van der Waals surface area contributed by atoms with E-state index in [1.807, 2.05) is 0 Å². The minimum absolute atomic E-state index is 0.116. The molecule has 0 spiro atoms. The summed E-state index contributed by atoms with van der Waals surface area (Å²) in [5.41, 5.74) is 1.53. The lowest BCUT2D eigenvalue weighted by Gasteiger charge is -2.39. The van der Waals surface area contributed by atoms with Crippen LogP contribution in [0.5, 0.6) is 0 Å². The largest absolute Gasteiger partial charge is 0.381 e. The number of carbonyl (C=O) groups excluding carboxylic acids is 1. The van der Waals surface area contributed by atoms with Crippen LogP contribution in [0.15, 0.2) is 48.5 Å². The third-order valence-electron chi connectivity index (χ3n) is 4.99. The number of rotatable bonds is 5. The maximum Gasteiger partial charge on any atom is 0.251 e. The fourth-order valence-electron chi connectivity index (χ4n) is 3.51. The number of ether oxygens (including phenoxy) is 1. The number of hydrogen-bond donors (Lipinski definition) is 2. The lowest BCUT2D eigenvalue weighted by Crippen LogP contribution is -2.58. The van der Waals surface area contributed by atoms with Crippen LogP contribution in [0.25, 0.3) is 0 Å². The van der Waals surface area contributed by atoms with E-state index in [1.54, 1.807) is 42.5 Å². The number of nitrogens with one attached hydrogen (secondary N) is 2. The van der Waals surface area contributed by atoms with Gasteiger partial charge in [0.1, 0.15) is 5.82 Å². The van der Waals surface area contributed by atoms with Crippen molar-refractivity contribution in [3.05, 3.63) is 71.0 Å². The first-order valence-electron chi connectivity index (χ1n) is 9.98. The van der Waals surface area contributed by atoms with Crippen molar-refractivity contribution in [3.8, 4) is 11.8 Å². The average Bonchev–Trinajstić information content (AvgIpc) is 2.72. The van der Waals surface area contributed by atoms with Gasteiger partial charge in [-0.3, -0.25) is 4.79 Å². The Balaban J connectivity index is 1.62. The molecule has 0 saturated carbocycles.